The maximum atomic E-state index is 12.5. The van der Waals surface area contributed by atoms with E-state index in [2.05, 4.69) is 20.4 Å². The van der Waals surface area contributed by atoms with Crippen molar-refractivity contribution in [2.45, 2.75) is 25.7 Å². The molecule has 0 aliphatic carbocycles. The van der Waals surface area contributed by atoms with E-state index < -0.39 is 10.8 Å². The van der Waals surface area contributed by atoms with Crippen molar-refractivity contribution in [3.63, 3.8) is 0 Å². The first-order chi connectivity index (χ1) is 15.1. The molecule has 1 amide bonds. The number of benzene rings is 2. The average molecular weight is 417 g/mol. The van der Waals surface area contributed by atoms with Gasteiger partial charge in [-0.3, -0.25) is 14.9 Å². The fourth-order valence-electron chi connectivity index (χ4n) is 3.70. The number of nitrogens with zero attached hydrogens (tertiary/aromatic N) is 4. The molecule has 1 aliphatic heterocycles. The van der Waals surface area contributed by atoms with Crippen molar-refractivity contribution < 1.29 is 9.72 Å². The highest BCUT2D eigenvalue weighted by Crippen LogP contribution is 2.23. The van der Waals surface area contributed by atoms with Gasteiger partial charge in [-0.1, -0.05) is 37.1 Å². The highest BCUT2D eigenvalue weighted by atomic mass is 16.6. The molecule has 31 heavy (non-hydrogen) atoms. The molecule has 0 bridgehead atoms. The molecule has 0 spiro atoms. The van der Waals surface area contributed by atoms with Crippen LogP contribution in [0.1, 0.15) is 36.0 Å². The lowest BCUT2D eigenvalue weighted by Crippen LogP contribution is -2.25. The molecule has 8 nitrogen and oxygen atoms in total. The number of carbonyl (C=O) groups excluding carboxylic acids is 1. The van der Waals surface area contributed by atoms with Gasteiger partial charge in [0.15, 0.2) is 5.82 Å². The molecular weight excluding hydrogens is 394 g/mol. The third kappa shape index (κ3) is 4.85. The van der Waals surface area contributed by atoms with Crippen LogP contribution in [0, 0.1) is 10.1 Å². The van der Waals surface area contributed by atoms with Gasteiger partial charge in [-0.05, 0) is 43.2 Å². The first kappa shape index (κ1) is 20.5. The molecule has 0 radical (unpaired) electrons. The number of hydrogen-bond acceptors (Lipinski definition) is 6. The number of para-hydroxylation sites is 1. The smallest absolute Gasteiger partial charge is 0.282 e. The van der Waals surface area contributed by atoms with Gasteiger partial charge in [0.2, 0.25) is 0 Å². The summed E-state index contributed by atoms with van der Waals surface area (Å²) in [5, 5.41) is 22.6. The summed E-state index contributed by atoms with van der Waals surface area (Å²) in [5.74, 6) is 0.376. The number of nitro benzene ring substituents is 1. The van der Waals surface area contributed by atoms with Gasteiger partial charge in [0.1, 0.15) is 5.56 Å². The molecule has 1 fully saturated rings. The summed E-state index contributed by atoms with van der Waals surface area (Å²) in [6.45, 7) is 2.03. The van der Waals surface area contributed by atoms with E-state index in [-0.39, 0.29) is 11.3 Å². The Morgan fingerprint density at radius 2 is 1.61 bits per heavy atom. The highest BCUT2D eigenvalue weighted by Gasteiger charge is 2.19. The van der Waals surface area contributed by atoms with E-state index in [0.29, 0.717) is 5.69 Å². The van der Waals surface area contributed by atoms with Crippen LogP contribution in [0.4, 0.5) is 17.2 Å². The van der Waals surface area contributed by atoms with Crippen LogP contribution in [0.15, 0.2) is 60.7 Å². The molecule has 2 heterocycles. The fraction of sp³-hybridized carbons (Fsp3) is 0.261. The summed E-state index contributed by atoms with van der Waals surface area (Å²) in [6.07, 6.45) is 4.90. The average Bonchev–Trinajstić information content (AvgIpc) is 3.09. The Balaban J connectivity index is 1.45. The van der Waals surface area contributed by atoms with E-state index in [1.54, 1.807) is 18.2 Å². The van der Waals surface area contributed by atoms with Crippen molar-refractivity contribution in [1.82, 2.24) is 10.2 Å². The molecule has 4 rings (SSSR count). The minimum absolute atomic E-state index is 0.0199. The molecule has 8 heteroatoms. The van der Waals surface area contributed by atoms with Gasteiger partial charge in [0.25, 0.3) is 11.6 Å². The van der Waals surface area contributed by atoms with Gasteiger partial charge in [-0.2, -0.15) is 0 Å². The summed E-state index contributed by atoms with van der Waals surface area (Å²) in [7, 11) is 0. The van der Waals surface area contributed by atoms with Gasteiger partial charge in [0, 0.05) is 30.4 Å². The van der Waals surface area contributed by atoms with E-state index in [4.69, 9.17) is 0 Å². The predicted molar refractivity (Wildman–Crippen MR) is 119 cm³/mol. The number of amides is 1. The zero-order chi connectivity index (χ0) is 21.6. The van der Waals surface area contributed by atoms with Crippen LogP contribution < -0.4 is 10.2 Å². The number of hydrogen-bond donors (Lipinski definition) is 1. The number of nitro groups is 1. The molecule has 1 saturated heterocycles. The maximum Gasteiger partial charge on any atom is 0.282 e. The number of nitrogens with one attached hydrogen (secondary N) is 1. The van der Waals surface area contributed by atoms with E-state index in [1.165, 1.54) is 43.9 Å². The monoisotopic (exact) mass is 417 g/mol. The Hall–Kier alpha value is -3.81. The van der Waals surface area contributed by atoms with Crippen molar-refractivity contribution in [3.05, 3.63) is 76.3 Å². The van der Waals surface area contributed by atoms with Crippen LogP contribution in [0.2, 0.25) is 0 Å². The lowest BCUT2D eigenvalue weighted by Gasteiger charge is -2.20. The van der Waals surface area contributed by atoms with Crippen molar-refractivity contribution in [3.8, 4) is 11.3 Å². The van der Waals surface area contributed by atoms with Crippen molar-refractivity contribution in [2.24, 2.45) is 0 Å². The molecule has 1 aliphatic rings. The molecule has 158 valence electrons. The van der Waals surface area contributed by atoms with E-state index in [0.717, 1.165) is 30.2 Å². The lowest BCUT2D eigenvalue weighted by molar-refractivity contribution is -0.385. The van der Waals surface area contributed by atoms with Gasteiger partial charge < -0.3 is 10.2 Å². The minimum atomic E-state index is -0.564. The lowest BCUT2D eigenvalue weighted by atomic mass is 10.1. The second kappa shape index (κ2) is 9.34. The Kier molecular flexibility index (Phi) is 6.16. The Labute approximate surface area is 180 Å². The van der Waals surface area contributed by atoms with Crippen LogP contribution in [0.3, 0.4) is 0 Å². The SMILES string of the molecule is O=C(Nc1ccc(-c2ccc(N3CCCCCC3)nn2)cc1)c1ccccc1[N+](=O)[O-]. The van der Waals surface area contributed by atoms with Gasteiger partial charge in [-0.15, -0.1) is 10.2 Å². The zero-order valence-corrected chi connectivity index (χ0v) is 17.0. The Morgan fingerprint density at radius 1 is 0.903 bits per heavy atom. The quantitative estimate of drug-likeness (QED) is 0.478. The third-order valence-corrected chi connectivity index (χ3v) is 5.36. The Morgan fingerprint density at radius 3 is 2.26 bits per heavy atom. The van der Waals surface area contributed by atoms with Crippen molar-refractivity contribution >= 4 is 23.1 Å². The summed E-state index contributed by atoms with van der Waals surface area (Å²) in [5.41, 5.74) is 1.96. The van der Waals surface area contributed by atoms with Crippen molar-refractivity contribution in [1.29, 1.82) is 0 Å². The van der Waals surface area contributed by atoms with Gasteiger partial charge in [-0.25, -0.2) is 0 Å². The molecular formula is C23H23N5O3. The summed E-state index contributed by atoms with van der Waals surface area (Å²) in [6, 6.07) is 17.0. The van der Waals surface area contributed by atoms with E-state index in [9.17, 15) is 14.9 Å². The Bertz CT molecular complexity index is 1060. The standard InChI is InChI=1S/C23H23N5O3/c29-23(19-7-3-4-8-21(19)28(30)31)24-18-11-9-17(10-12-18)20-13-14-22(26-25-20)27-15-5-1-2-6-16-27/h3-4,7-14H,1-2,5-6,15-16H2,(H,24,29). The second-order valence-corrected chi connectivity index (χ2v) is 7.48. The first-order valence-electron chi connectivity index (χ1n) is 10.4. The minimum Gasteiger partial charge on any atom is -0.355 e. The van der Waals surface area contributed by atoms with Crippen LogP contribution in [0.25, 0.3) is 11.3 Å². The maximum absolute atomic E-state index is 12.5. The van der Waals surface area contributed by atoms with Crippen LogP contribution in [-0.2, 0) is 0 Å². The number of aromatic nitrogens is 2. The normalized spacial score (nSPS) is 14.0. The topological polar surface area (TPSA) is 101 Å². The predicted octanol–water partition coefficient (Wildman–Crippen LogP) is 4.68. The largest absolute Gasteiger partial charge is 0.355 e. The molecule has 3 aromatic rings. The summed E-state index contributed by atoms with van der Waals surface area (Å²) >= 11 is 0. The molecule has 1 N–H and O–H groups in total. The van der Waals surface area contributed by atoms with Crippen LogP contribution in [0.5, 0.6) is 0 Å². The third-order valence-electron chi connectivity index (χ3n) is 5.36. The molecule has 2 aromatic carbocycles. The van der Waals surface area contributed by atoms with Crippen LogP contribution in [-0.4, -0.2) is 34.1 Å². The van der Waals surface area contributed by atoms with Gasteiger partial charge in [0.05, 0.1) is 10.6 Å². The summed E-state index contributed by atoms with van der Waals surface area (Å²) < 4.78 is 0. The molecule has 0 saturated carbocycles. The fourth-order valence-corrected chi connectivity index (χ4v) is 3.70. The number of anilines is 2. The van der Waals surface area contributed by atoms with Crippen LogP contribution >= 0.6 is 0 Å². The highest BCUT2D eigenvalue weighted by molar-refractivity contribution is 6.07. The number of carbonyl (C=O) groups is 1. The van der Waals surface area contributed by atoms with Gasteiger partial charge >= 0.3 is 0 Å². The zero-order valence-electron chi connectivity index (χ0n) is 17.0. The van der Waals surface area contributed by atoms with E-state index >= 15 is 0 Å². The van der Waals surface area contributed by atoms with E-state index in [1.807, 2.05) is 24.3 Å². The number of rotatable bonds is 5. The molecule has 0 atom stereocenters. The molecule has 1 aromatic heterocycles. The summed E-state index contributed by atoms with van der Waals surface area (Å²) in [4.78, 5) is 25.3. The first-order valence-corrected chi connectivity index (χ1v) is 10.4. The second-order valence-electron chi connectivity index (χ2n) is 7.48. The molecule has 0 unspecified atom stereocenters. The van der Waals surface area contributed by atoms with Crippen molar-refractivity contribution in [2.75, 3.05) is 23.3 Å².